The molecule has 0 nitrogen and oxygen atoms in total. The fraction of sp³-hybridized carbons (Fsp3) is 0.400. The third-order valence-corrected chi connectivity index (χ3v) is 1.24. The van der Waals surface area contributed by atoms with Crippen molar-refractivity contribution in [3.63, 3.8) is 0 Å². The van der Waals surface area contributed by atoms with Gasteiger partial charge in [-0.25, -0.2) is 0 Å². The summed E-state index contributed by atoms with van der Waals surface area (Å²) in [5.41, 5.74) is 0. The molecule has 0 aliphatic heterocycles. The number of hydrogen-bond acceptors (Lipinski definition) is 0. The van der Waals surface area contributed by atoms with Gasteiger partial charge in [-0.05, 0) is 6.42 Å². The molecule has 0 saturated carbocycles. The van der Waals surface area contributed by atoms with Gasteiger partial charge < -0.3 is 20.9 Å². The van der Waals surface area contributed by atoms with E-state index in [0.717, 1.165) is 6.42 Å². The molecular formula is C10H17Pd-3. The molecule has 0 radical (unpaired) electrons. The van der Waals surface area contributed by atoms with Gasteiger partial charge in [-0.2, -0.15) is 6.42 Å². The van der Waals surface area contributed by atoms with Gasteiger partial charge in [0.1, 0.15) is 0 Å². The van der Waals surface area contributed by atoms with Crippen molar-refractivity contribution in [2.45, 2.75) is 25.7 Å². The predicted octanol–water partition coefficient (Wildman–Crippen LogP) is 3.37. The molecule has 1 aliphatic carbocycles. The Labute approximate surface area is 85.4 Å². The number of rotatable bonds is 0. The summed E-state index contributed by atoms with van der Waals surface area (Å²) in [7, 11) is 0. The molecule has 0 heterocycles. The molecule has 0 saturated heterocycles. The zero-order valence-corrected chi connectivity index (χ0v) is 8.93. The zero-order valence-electron chi connectivity index (χ0n) is 7.38. The monoisotopic (exact) mass is 243 g/mol. The minimum Gasteiger partial charge on any atom is -0.500 e. The van der Waals surface area contributed by atoms with Gasteiger partial charge in [0.25, 0.3) is 0 Å². The Balaban J connectivity index is -0.000000213. The van der Waals surface area contributed by atoms with Crippen molar-refractivity contribution in [2.24, 2.45) is 0 Å². The molecule has 1 aliphatic rings. The third kappa shape index (κ3) is 10.1. The molecule has 11 heavy (non-hydrogen) atoms. The molecule has 0 unspecified atom stereocenters. The standard InChI is InChI=1S/C8H11.2CH3.Pd/c1-2-4-6-8-7-5-3-1;;;/h1-2,7H,3-6H2;2*1H3;/q3*-1;. The Hall–Kier alpha value is 0.142. The molecule has 1 rings (SSSR count). The van der Waals surface area contributed by atoms with E-state index in [1.165, 1.54) is 19.3 Å². The summed E-state index contributed by atoms with van der Waals surface area (Å²) in [4.78, 5) is 0. The first-order valence-corrected chi connectivity index (χ1v) is 3.20. The minimum absolute atomic E-state index is 0. The first-order valence-electron chi connectivity index (χ1n) is 3.20. The van der Waals surface area contributed by atoms with E-state index in [1.54, 1.807) is 0 Å². The van der Waals surface area contributed by atoms with Gasteiger partial charge in [-0.1, -0.05) is 25.0 Å². The van der Waals surface area contributed by atoms with Gasteiger partial charge in [0, 0.05) is 20.4 Å². The van der Waals surface area contributed by atoms with Gasteiger partial charge in [-0.15, -0.1) is 0 Å². The SMILES string of the molecule is [C-]1=CCCC=CCC1.[CH3-].[CH3-].[Pd]. The second-order valence-electron chi connectivity index (χ2n) is 2.00. The Morgan fingerprint density at radius 1 is 0.909 bits per heavy atom. The molecule has 0 atom stereocenters. The van der Waals surface area contributed by atoms with Crippen LogP contribution in [0.25, 0.3) is 0 Å². The molecule has 0 aromatic heterocycles. The summed E-state index contributed by atoms with van der Waals surface area (Å²) >= 11 is 0. The van der Waals surface area contributed by atoms with E-state index in [-0.39, 0.29) is 35.3 Å². The summed E-state index contributed by atoms with van der Waals surface area (Å²) < 4.78 is 0. The first-order chi connectivity index (χ1) is 4.00. The molecular weight excluding hydrogens is 227 g/mol. The Morgan fingerprint density at radius 2 is 1.55 bits per heavy atom. The van der Waals surface area contributed by atoms with Gasteiger partial charge in [0.2, 0.25) is 0 Å². The molecule has 0 spiro atoms. The molecule has 0 fully saturated rings. The number of hydrogen-bond donors (Lipinski definition) is 0. The van der Waals surface area contributed by atoms with Gasteiger partial charge in [-0.3, -0.25) is 6.08 Å². The second-order valence-corrected chi connectivity index (χ2v) is 2.00. The summed E-state index contributed by atoms with van der Waals surface area (Å²) in [5.74, 6) is 0. The summed E-state index contributed by atoms with van der Waals surface area (Å²) in [6.07, 6.45) is 14.5. The van der Waals surface area contributed by atoms with Crippen LogP contribution in [-0.4, -0.2) is 0 Å². The van der Waals surface area contributed by atoms with Crippen LogP contribution in [0, 0.1) is 20.9 Å². The minimum atomic E-state index is 0. The van der Waals surface area contributed by atoms with Crippen molar-refractivity contribution < 1.29 is 20.4 Å². The van der Waals surface area contributed by atoms with Gasteiger partial charge >= 0.3 is 0 Å². The Bertz CT molecular complexity index is 77.4. The van der Waals surface area contributed by atoms with Crippen LogP contribution >= 0.6 is 0 Å². The summed E-state index contributed by atoms with van der Waals surface area (Å²) in [5, 5.41) is 0. The fourth-order valence-electron chi connectivity index (χ4n) is 0.786. The maximum absolute atomic E-state index is 3.21. The van der Waals surface area contributed by atoms with Crippen LogP contribution in [-0.2, 0) is 20.4 Å². The van der Waals surface area contributed by atoms with Crippen LogP contribution in [0.1, 0.15) is 25.7 Å². The Morgan fingerprint density at radius 3 is 2.27 bits per heavy atom. The smallest absolute Gasteiger partial charge is 0 e. The molecule has 0 aromatic rings. The Kier molecular flexibility index (Phi) is 20.1. The fourth-order valence-corrected chi connectivity index (χ4v) is 0.786. The maximum Gasteiger partial charge on any atom is 0 e. The third-order valence-electron chi connectivity index (χ3n) is 1.24. The molecule has 0 aromatic carbocycles. The van der Waals surface area contributed by atoms with Crippen LogP contribution in [0.3, 0.4) is 0 Å². The number of allylic oxidation sites excluding steroid dienone is 4. The van der Waals surface area contributed by atoms with E-state index < -0.39 is 0 Å². The van der Waals surface area contributed by atoms with Crippen LogP contribution in [0.5, 0.6) is 0 Å². The van der Waals surface area contributed by atoms with Crippen molar-refractivity contribution in [1.29, 1.82) is 0 Å². The van der Waals surface area contributed by atoms with E-state index in [9.17, 15) is 0 Å². The normalized spacial score (nSPS) is 14.5. The van der Waals surface area contributed by atoms with E-state index in [1.807, 2.05) is 0 Å². The van der Waals surface area contributed by atoms with E-state index in [2.05, 4.69) is 24.3 Å². The average molecular weight is 244 g/mol. The molecule has 1 heteroatoms. The van der Waals surface area contributed by atoms with Crippen LogP contribution in [0.15, 0.2) is 18.2 Å². The van der Waals surface area contributed by atoms with Crippen molar-refractivity contribution >= 4 is 0 Å². The topological polar surface area (TPSA) is 0 Å². The van der Waals surface area contributed by atoms with Crippen molar-refractivity contribution in [3.8, 4) is 0 Å². The first kappa shape index (κ1) is 17.3. The molecule has 70 valence electrons. The second kappa shape index (κ2) is 12.8. The van der Waals surface area contributed by atoms with Crippen LogP contribution in [0.4, 0.5) is 0 Å². The van der Waals surface area contributed by atoms with Crippen molar-refractivity contribution in [2.75, 3.05) is 0 Å². The molecule has 0 bridgehead atoms. The maximum atomic E-state index is 3.21. The quantitative estimate of drug-likeness (QED) is 0.348. The molecule has 0 amide bonds. The summed E-state index contributed by atoms with van der Waals surface area (Å²) in [6.45, 7) is 0. The summed E-state index contributed by atoms with van der Waals surface area (Å²) in [6, 6.07) is 0. The predicted molar refractivity (Wildman–Crippen MR) is 48.2 cm³/mol. The van der Waals surface area contributed by atoms with Crippen molar-refractivity contribution in [3.05, 3.63) is 39.2 Å². The van der Waals surface area contributed by atoms with E-state index >= 15 is 0 Å². The average Bonchev–Trinajstić information content (AvgIpc) is 1.62. The zero-order chi connectivity index (χ0) is 5.66. The van der Waals surface area contributed by atoms with Gasteiger partial charge in [0.15, 0.2) is 0 Å². The van der Waals surface area contributed by atoms with Crippen molar-refractivity contribution in [1.82, 2.24) is 0 Å². The largest absolute Gasteiger partial charge is 0.500 e. The van der Waals surface area contributed by atoms with Crippen LogP contribution < -0.4 is 0 Å². The van der Waals surface area contributed by atoms with Crippen LogP contribution in [0.2, 0.25) is 0 Å². The molecule has 0 N–H and O–H groups in total. The van der Waals surface area contributed by atoms with E-state index in [4.69, 9.17) is 0 Å². The van der Waals surface area contributed by atoms with Gasteiger partial charge in [0.05, 0.1) is 0 Å². The van der Waals surface area contributed by atoms with E-state index in [0.29, 0.717) is 0 Å².